The molecule has 1 fully saturated rings. The Balaban J connectivity index is 1.58. The minimum atomic E-state index is 0.00290. The van der Waals surface area contributed by atoms with E-state index in [1.54, 1.807) is 0 Å². The monoisotopic (exact) mass is 336 g/mol. The number of aromatic nitrogens is 1. The van der Waals surface area contributed by atoms with Gasteiger partial charge in [0.1, 0.15) is 11.5 Å². The first-order valence-corrected chi connectivity index (χ1v) is 9.03. The van der Waals surface area contributed by atoms with Crippen LogP contribution in [-0.2, 0) is 6.42 Å². The van der Waals surface area contributed by atoms with Gasteiger partial charge in [0.2, 0.25) is 0 Å². The largest absolute Gasteiger partial charge is 0.354 e. The molecule has 4 rings (SSSR count). The maximum Gasteiger partial charge on any atom is 0.276 e. The normalized spacial score (nSPS) is 18.1. The SMILES string of the molecule is CN1CCN(c2cccc(C(=O)N3CCCc4ccccc43)n2)CC1. The summed E-state index contributed by atoms with van der Waals surface area (Å²) in [5.41, 5.74) is 2.82. The van der Waals surface area contributed by atoms with Crippen LogP contribution >= 0.6 is 0 Å². The summed E-state index contributed by atoms with van der Waals surface area (Å²) in [4.78, 5) is 24.2. The molecule has 1 aromatic heterocycles. The summed E-state index contributed by atoms with van der Waals surface area (Å²) in [5, 5.41) is 0. The van der Waals surface area contributed by atoms with Crippen molar-refractivity contribution in [1.82, 2.24) is 9.88 Å². The van der Waals surface area contributed by atoms with E-state index in [9.17, 15) is 4.79 Å². The minimum absolute atomic E-state index is 0.00290. The van der Waals surface area contributed by atoms with Gasteiger partial charge in [0, 0.05) is 38.4 Å². The average molecular weight is 336 g/mol. The average Bonchev–Trinajstić information content (AvgIpc) is 2.68. The highest BCUT2D eigenvalue weighted by Crippen LogP contribution is 2.28. The smallest absolute Gasteiger partial charge is 0.276 e. The number of hydrogen-bond donors (Lipinski definition) is 0. The quantitative estimate of drug-likeness (QED) is 0.844. The standard InChI is InChI=1S/C20H24N4O/c1-22-12-14-23(15-13-22)19-10-4-8-17(21-19)20(25)24-11-5-7-16-6-2-3-9-18(16)24/h2-4,6,8-10H,5,7,11-15H2,1H3. The zero-order chi connectivity index (χ0) is 17.2. The molecule has 0 radical (unpaired) electrons. The van der Waals surface area contributed by atoms with E-state index in [0.29, 0.717) is 5.69 Å². The third-order valence-corrected chi connectivity index (χ3v) is 5.14. The maximum atomic E-state index is 13.1. The van der Waals surface area contributed by atoms with Crippen molar-refractivity contribution in [3.63, 3.8) is 0 Å². The van der Waals surface area contributed by atoms with Crippen molar-refractivity contribution in [2.45, 2.75) is 12.8 Å². The van der Waals surface area contributed by atoms with Gasteiger partial charge in [0.05, 0.1) is 0 Å². The number of pyridine rings is 1. The number of aryl methyl sites for hydroxylation is 1. The molecule has 2 aliphatic rings. The highest BCUT2D eigenvalue weighted by molar-refractivity contribution is 6.05. The van der Waals surface area contributed by atoms with Gasteiger partial charge >= 0.3 is 0 Å². The van der Waals surface area contributed by atoms with Crippen molar-refractivity contribution in [2.75, 3.05) is 49.6 Å². The Hall–Kier alpha value is -2.40. The lowest BCUT2D eigenvalue weighted by Crippen LogP contribution is -2.45. The van der Waals surface area contributed by atoms with Crippen LogP contribution in [0.25, 0.3) is 0 Å². The van der Waals surface area contributed by atoms with Crippen LogP contribution in [-0.4, -0.2) is 55.6 Å². The second-order valence-corrected chi connectivity index (χ2v) is 6.86. The number of para-hydroxylation sites is 1. The molecule has 5 heteroatoms. The Kier molecular flexibility index (Phi) is 4.40. The first-order chi connectivity index (χ1) is 12.2. The van der Waals surface area contributed by atoms with Crippen LogP contribution in [0.1, 0.15) is 22.5 Å². The van der Waals surface area contributed by atoms with Crippen molar-refractivity contribution in [2.24, 2.45) is 0 Å². The van der Waals surface area contributed by atoms with Crippen LogP contribution in [0.5, 0.6) is 0 Å². The van der Waals surface area contributed by atoms with Gasteiger partial charge < -0.3 is 14.7 Å². The number of carbonyl (C=O) groups is 1. The summed E-state index contributed by atoms with van der Waals surface area (Å²) in [6.07, 6.45) is 2.04. The van der Waals surface area contributed by atoms with Crippen molar-refractivity contribution in [3.05, 3.63) is 53.7 Å². The van der Waals surface area contributed by atoms with E-state index in [4.69, 9.17) is 0 Å². The molecule has 1 aromatic carbocycles. The second kappa shape index (κ2) is 6.84. The van der Waals surface area contributed by atoms with Gasteiger partial charge in [-0.2, -0.15) is 0 Å². The van der Waals surface area contributed by atoms with Gasteiger partial charge in [-0.1, -0.05) is 24.3 Å². The van der Waals surface area contributed by atoms with Crippen molar-refractivity contribution in [1.29, 1.82) is 0 Å². The van der Waals surface area contributed by atoms with Gasteiger partial charge in [-0.05, 0) is 43.7 Å². The Morgan fingerprint density at radius 1 is 0.960 bits per heavy atom. The molecule has 25 heavy (non-hydrogen) atoms. The molecule has 1 saturated heterocycles. The molecule has 1 amide bonds. The van der Waals surface area contributed by atoms with E-state index in [-0.39, 0.29) is 5.91 Å². The fourth-order valence-corrected chi connectivity index (χ4v) is 3.64. The van der Waals surface area contributed by atoms with E-state index in [1.807, 2.05) is 41.3 Å². The molecule has 0 N–H and O–H groups in total. The fraction of sp³-hybridized carbons (Fsp3) is 0.400. The number of amides is 1. The zero-order valence-electron chi connectivity index (χ0n) is 14.7. The number of carbonyl (C=O) groups excluding carboxylic acids is 1. The van der Waals surface area contributed by atoms with Gasteiger partial charge in [-0.15, -0.1) is 0 Å². The summed E-state index contributed by atoms with van der Waals surface area (Å²) in [6, 6.07) is 14.0. The summed E-state index contributed by atoms with van der Waals surface area (Å²) < 4.78 is 0. The third kappa shape index (κ3) is 3.24. The number of anilines is 2. The molecule has 0 bridgehead atoms. The predicted molar refractivity (Wildman–Crippen MR) is 100 cm³/mol. The maximum absolute atomic E-state index is 13.1. The summed E-state index contributed by atoms with van der Waals surface area (Å²) in [7, 11) is 2.14. The molecule has 2 aliphatic heterocycles. The molecule has 0 atom stereocenters. The Morgan fingerprint density at radius 3 is 2.60 bits per heavy atom. The first kappa shape index (κ1) is 16.1. The van der Waals surface area contributed by atoms with Gasteiger partial charge in [0.15, 0.2) is 0 Å². The van der Waals surface area contributed by atoms with Crippen LogP contribution in [0.2, 0.25) is 0 Å². The number of rotatable bonds is 2. The Morgan fingerprint density at radius 2 is 1.76 bits per heavy atom. The molecular formula is C20H24N4O. The van der Waals surface area contributed by atoms with Crippen molar-refractivity contribution < 1.29 is 4.79 Å². The molecule has 130 valence electrons. The number of likely N-dealkylation sites (N-methyl/N-ethyl adjacent to an activating group) is 1. The van der Waals surface area contributed by atoms with Crippen LogP contribution in [0.15, 0.2) is 42.5 Å². The molecule has 0 aliphatic carbocycles. The van der Waals surface area contributed by atoms with Gasteiger partial charge in [-0.3, -0.25) is 4.79 Å². The van der Waals surface area contributed by atoms with Crippen LogP contribution in [0, 0.1) is 0 Å². The lowest BCUT2D eigenvalue weighted by Gasteiger charge is -2.33. The van der Waals surface area contributed by atoms with E-state index >= 15 is 0 Å². The summed E-state index contributed by atoms with van der Waals surface area (Å²) in [6.45, 7) is 4.72. The molecule has 5 nitrogen and oxygen atoms in total. The van der Waals surface area contributed by atoms with E-state index in [2.05, 4.69) is 27.9 Å². The molecule has 0 spiro atoms. The number of piperazine rings is 1. The summed E-state index contributed by atoms with van der Waals surface area (Å²) in [5.74, 6) is 0.910. The lowest BCUT2D eigenvalue weighted by atomic mass is 10.0. The number of benzene rings is 1. The minimum Gasteiger partial charge on any atom is -0.354 e. The number of fused-ring (bicyclic) bond motifs is 1. The van der Waals surface area contributed by atoms with E-state index in [0.717, 1.165) is 57.1 Å². The van der Waals surface area contributed by atoms with Crippen molar-refractivity contribution >= 4 is 17.4 Å². The highest BCUT2D eigenvalue weighted by atomic mass is 16.2. The molecular weight excluding hydrogens is 312 g/mol. The fourth-order valence-electron chi connectivity index (χ4n) is 3.64. The lowest BCUT2D eigenvalue weighted by molar-refractivity contribution is 0.0980. The Labute approximate surface area is 148 Å². The first-order valence-electron chi connectivity index (χ1n) is 9.03. The van der Waals surface area contributed by atoms with E-state index < -0.39 is 0 Å². The van der Waals surface area contributed by atoms with E-state index in [1.165, 1.54) is 5.56 Å². The van der Waals surface area contributed by atoms with Crippen molar-refractivity contribution in [3.8, 4) is 0 Å². The van der Waals surface area contributed by atoms with Crippen LogP contribution in [0.3, 0.4) is 0 Å². The topological polar surface area (TPSA) is 39.7 Å². The number of hydrogen-bond acceptors (Lipinski definition) is 4. The van der Waals surface area contributed by atoms with Gasteiger partial charge in [0.25, 0.3) is 5.91 Å². The number of nitrogens with zero attached hydrogens (tertiary/aromatic N) is 4. The molecule has 3 heterocycles. The highest BCUT2D eigenvalue weighted by Gasteiger charge is 2.25. The third-order valence-electron chi connectivity index (χ3n) is 5.14. The van der Waals surface area contributed by atoms with Gasteiger partial charge in [-0.25, -0.2) is 4.98 Å². The molecule has 2 aromatic rings. The summed E-state index contributed by atoms with van der Waals surface area (Å²) >= 11 is 0. The predicted octanol–water partition coefficient (Wildman–Crippen LogP) is 2.43. The zero-order valence-corrected chi connectivity index (χ0v) is 14.7. The Bertz CT molecular complexity index is 768. The van der Waals surface area contributed by atoms with Crippen LogP contribution in [0.4, 0.5) is 11.5 Å². The molecule has 0 saturated carbocycles. The molecule has 0 unspecified atom stereocenters. The van der Waals surface area contributed by atoms with Crippen LogP contribution < -0.4 is 9.80 Å². The second-order valence-electron chi connectivity index (χ2n) is 6.86.